The van der Waals surface area contributed by atoms with Crippen LogP contribution in [0.15, 0.2) is 29.1 Å². The molecule has 0 saturated heterocycles. The van der Waals surface area contributed by atoms with E-state index < -0.39 is 11.5 Å². The van der Waals surface area contributed by atoms with Crippen molar-refractivity contribution in [1.82, 2.24) is 9.36 Å². The van der Waals surface area contributed by atoms with E-state index in [0.717, 1.165) is 0 Å². The van der Waals surface area contributed by atoms with Crippen LogP contribution in [0, 0.1) is 0 Å². The van der Waals surface area contributed by atoms with Crippen molar-refractivity contribution in [3.63, 3.8) is 0 Å². The minimum absolute atomic E-state index is 0.0259. The molecule has 0 unspecified atom stereocenters. The number of hydrogen-bond acceptors (Lipinski definition) is 5. The number of carbonyl (C=O) groups is 1. The van der Waals surface area contributed by atoms with Gasteiger partial charge in [-0.05, 0) is 24.3 Å². The predicted octanol–water partition coefficient (Wildman–Crippen LogP) is 0.964. The number of methoxy groups -OCH3 is 2. The molecule has 2 aromatic rings. The number of rotatable bonds is 3. The number of benzene rings is 1. The first-order chi connectivity index (χ1) is 10.7. The van der Waals surface area contributed by atoms with Gasteiger partial charge in [0.25, 0.3) is 5.56 Å². The largest absolute Gasteiger partial charge is 0.497 e. The quantitative estimate of drug-likeness (QED) is 0.790. The van der Waals surface area contributed by atoms with Gasteiger partial charge in [0, 0.05) is 0 Å². The molecule has 7 nitrogen and oxygen atoms in total. The minimum atomic E-state index is -0.647. The maximum absolute atomic E-state index is 12.7. The molecule has 0 aliphatic carbocycles. The van der Waals surface area contributed by atoms with Gasteiger partial charge >= 0.3 is 5.97 Å². The zero-order chi connectivity index (χ0) is 15.7. The highest BCUT2D eigenvalue weighted by atomic mass is 16.5. The molecule has 0 fully saturated rings. The molecule has 0 N–H and O–H groups in total. The van der Waals surface area contributed by atoms with Crippen molar-refractivity contribution >= 4 is 5.97 Å². The first-order valence-corrected chi connectivity index (χ1v) is 6.82. The molecule has 1 aliphatic heterocycles. The Balaban J connectivity index is 2.20. The van der Waals surface area contributed by atoms with Crippen LogP contribution in [0.1, 0.15) is 16.1 Å². The second-order valence-corrected chi connectivity index (χ2v) is 4.80. The summed E-state index contributed by atoms with van der Waals surface area (Å²) in [5.74, 6) is 0.0465. The molecule has 7 heteroatoms. The summed E-state index contributed by atoms with van der Waals surface area (Å²) in [5.41, 5.74) is 0.818. The summed E-state index contributed by atoms with van der Waals surface area (Å²) in [7, 11) is 2.83. The van der Waals surface area contributed by atoms with Crippen LogP contribution in [0.3, 0.4) is 0 Å². The fraction of sp³-hybridized carbons (Fsp3) is 0.333. The molecule has 0 bridgehead atoms. The van der Waals surface area contributed by atoms with Gasteiger partial charge in [-0.3, -0.25) is 9.48 Å². The first kappa shape index (κ1) is 14.4. The van der Waals surface area contributed by atoms with Crippen LogP contribution >= 0.6 is 0 Å². The molecule has 1 aliphatic rings. The van der Waals surface area contributed by atoms with Gasteiger partial charge in [0.15, 0.2) is 5.56 Å². The predicted molar refractivity (Wildman–Crippen MR) is 77.6 cm³/mol. The van der Waals surface area contributed by atoms with Crippen molar-refractivity contribution < 1.29 is 19.0 Å². The van der Waals surface area contributed by atoms with E-state index in [1.807, 2.05) is 0 Å². The topological polar surface area (TPSA) is 71.7 Å². The zero-order valence-electron chi connectivity index (χ0n) is 12.4. The summed E-state index contributed by atoms with van der Waals surface area (Å²) < 4.78 is 18.5. The lowest BCUT2D eigenvalue weighted by molar-refractivity contribution is 0.0569. The summed E-state index contributed by atoms with van der Waals surface area (Å²) in [6, 6.07) is 7.06. The molecule has 0 amide bonds. The maximum atomic E-state index is 12.7. The van der Waals surface area contributed by atoms with Gasteiger partial charge in [0.2, 0.25) is 0 Å². The number of esters is 1. The fourth-order valence-electron chi connectivity index (χ4n) is 2.58. The third-order valence-corrected chi connectivity index (χ3v) is 3.64. The van der Waals surface area contributed by atoms with E-state index in [9.17, 15) is 9.59 Å². The molecule has 1 aromatic heterocycles. The number of fused-ring (bicyclic) bond motifs is 1. The Bertz CT molecular complexity index is 757. The van der Waals surface area contributed by atoms with Crippen LogP contribution in [0.2, 0.25) is 0 Å². The molecule has 116 valence electrons. The zero-order valence-corrected chi connectivity index (χ0v) is 12.4. The van der Waals surface area contributed by atoms with Gasteiger partial charge in [0.1, 0.15) is 5.75 Å². The Morgan fingerprint density at radius 2 is 1.95 bits per heavy atom. The van der Waals surface area contributed by atoms with Crippen LogP contribution in [0.25, 0.3) is 5.69 Å². The third kappa shape index (κ3) is 2.19. The van der Waals surface area contributed by atoms with Gasteiger partial charge in [-0.15, -0.1) is 0 Å². The Morgan fingerprint density at radius 1 is 1.23 bits per heavy atom. The Morgan fingerprint density at radius 3 is 2.59 bits per heavy atom. The lowest BCUT2D eigenvalue weighted by Crippen LogP contribution is -2.26. The van der Waals surface area contributed by atoms with Crippen molar-refractivity contribution in [1.29, 1.82) is 0 Å². The van der Waals surface area contributed by atoms with Crippen molar-refractivity contribution in [3.05, 3.63) is 45.9 Å². The average molecular weight is 304 g/mol. The summed E-state index contributed by atoms with van der Waals surface area (Å²) >= 11 is 0. The lowest BCUT2D eigenvalue weighted by atomic mass is 10.2. The molecular formula is C15H16N2O5. The molecule has 1 aromatic carbocycles. The van der Waals surface area contributed by atoms with Gasteiger partial charge in [-0.1, -0.05) is 0 Å². The van der Waals surface area contributed by atoms with Crippen LogP contribution in [-0.4, -0.2) is 36.2 Å². The van der Waals surface area contributed by atoms with Crippen molar-refractivity contribution in [2.45, 2.75) is 13.2 Å². The Labute approximate surface area is 126 Å². The van der Waals surface area contributed by atoms with E-state index in [2.05, 4.69) is 0 Å². The minimum Gasteiger partial charge on any atom is -0.497 e. The number of ether oxygens (including phenoxy) is 3. The highest BCUT2D eigenvalue weighted by molar-refractivity contribution is 5.90. The Kier molecular flexibility index (Phi) is 3.72. The van der Waals surface area contributed by atoms with Gasteiger partial charge in [-0.25, -0.2) is 9.48 Å². The molecular weight excluding hydrogens is 288 g/mol. The summed E-state index contributed by atoms with van der Waals surface area (Å²) in [5, 5.41) is 0. The third-order valence-electron chi connectivity index (χ3n) is 3.64. The molecule has 3 rings (SSSR count). The van der Waals surface area contributed by atoms with E-state index >= 15 is 0 Å². The van der Waals surface area contributed by atoms with Crippen LogP contribution < -0.4 is 10.3 Å². The summed E-state index contributed by atoms with van der Waals surface area (Å²) in [4.78, 5) is 24.6. The second kappa shape index (κ2) is 5.69. The normalized spacial score (nSPS) is 13.5. The van der Waals surface area contributed by atoms with Crippen LogP contribution in [-0.2, 0) is 22.6 Å². The number of hydrogen-bond donors (Lipinski definition) is 0. The van der Waals surface area contributed by atoms with E-state index in [4.69, 9.17) is 14.2 Å². The van der Waals surface area contributed by atoms with Crippen LogP contribution in [0.4, 0.5) is 0 Å². The lowest BCUT2D eigenvalue weighted by Gasteiger charge is -2.19. The molecule has 22 heavy (non-hydrogen) atoms. The SMILES string of the molecule is COC(=O)c1c2n(n(-c3ccc(OC)cc3)c1=O)CCOC2. The molecule has 0 atom stereocenters. The molecule has 0 saturated carbocycles. The first-order valence-electron chi connectivity index (χ1n) is 6.82. The van der Waals surface area contributed by atoms with Crippen molar-refractivity contribution in [2.24, 2.45) is 0 Å². The Hall–Kier alpha value is -2.54. The average Bonchev–Trinajstić information content (AvgIpc) is 2.86. The maximum Gasteiger partial charge on any atom is 0.345 e. The number of carbonyl (C=O) groups excluding carboxylic acids is 1. The van der Waals surface area contributed by atoms with Crippen molar-refractivity contribution in [3.8, 4) is 11.4 Å². The number of aromatic nitrogens is 2. The summed E-state index contributed by atoms with van der Waals surface area (Å²) in [6.07, 6.45) is 0. The van der Waals surface area contributed by atoms with E-state index in [0.29, 0.717) is 30.3 Å². The van der Waals surface area contributed by atoms with Gasteiger partial charge in [-0.2, -0.15) is 0 Å². The standard InChI is InChI=1S/C15H16N2O5/c1-20-11-5-3-10(4-6-11)17-14(18)13(15(19)21-2)12-9-22-8-7-16(12)17/h3-6H,7-9H2,1-2H3. The van der Waals surface area contributed by atoms with Crippen LogP contribution in [0.5, 0.6) is 5.75 Å². The van der Waals surface area contributed by atoms with E-state index in [-0.39, 0.29) is 12.2 Å². The van der Waals surface area contributed by atoms with Gasteiger partial charge in [0.05, 0.1) is 45.4 Å². The highest BCUT2D eigenvalue weighted by Crippen LogP contribution is 2.19. The smallest absolute Gasteiger partial charge is 0.345 e. The fourth-order valence-corrected chi connectivity index (χ4v) is 2.58. The summed E-state index contributed by atoms with van der Waals surface area (Å²) in [6.45, 7) is 1.19. The van der Waals surface area contributed by atoms with E-state index in [1.165, 1.54) is 11.8 Å². The van der Waals surface area contributed by atoms with Crippen molar-refractivity contribution in [2.75, 3.05) is 20.8 Å². The van der Waals surface area contributed by atoms with E-state index in [1.54, 1.807) is 36.1 Å². The second-order valence-electron chi connectivity index (χ2n) is 4.80. The molecule has 0 radical (unpaired) electrons. The number of nitrogens with zero attached hydrogens (tertiary/aromatic N) is 2. The van der Waals surface area contributed by atoms with Gasteiger partial charge < -0.3 is 14.2 Å². The molecule has 2 heterocycles. The highest BCUT2D eigenvalue weighted by Gasteiger charge is 2.28. The molecule has 0 spiro atoms. The monoisotopic (exact) mass is 304 g/mol.